The van der Waals surface area contributed by atoms with Crippen molar-refractivity contribution in [3.05, 3.63) is 60.9 Å². The zero-order valence-corrected chi connectivity index (χ0v) is 12.0. The Morgan fingerprint density at radius 1 is 0.864 bits per heavy atom. The smallest absolute Gasteiger partial charge is 0.221 e. The van der Waals surface area contributed by atoms with E-state index in [9.17, 15) is 4.79 Å². The van der Waals surface area contributed by atoms with E-state index in [1.54, 1.807) is 24.5 Å². The SMILES string of the molecule is CC(=O)Nc1cc(-c2ccccn2)nc(-c2ccccn2)c1. The van der Waals surface area contributed by atoms with Gasteiger partial charge in [0.25, 0.3) is 0 Å². The maximum absolute atomic E-state index is 11.3. The average Bonchev–Trinajstić information content (AvgIpc) is 2.55. The topological polar surface area (TPSA) is 67.8 Å². The standard InChI is InChI=1S/C17H14N4O/c1-12(22)20-13-10-16(14-6-2-4-8-18-14)21-17(11-13)15-7-3-5-9-19-15/h2-11H,1H3,(H,20,21,22). The molecule has 0 aliphatic heterocycles. The number of aromatic nitrogens is 3. The van der Waals surface area contributed by atoms with Crippen LogP contribution in [0.4, 0.5) is 5.69 Å². The number of rotatable bonds is 3. The van der Waals surface area contributed by atoms with Crippen LogP contribution in [0, 0.1) is 0 Å². The number of anilines is 1. The molecule has 0 radical (unpaired) electrons. The van der Waals surface area contributed by atoms with Crippen LogP contribution in [0.15, 0.2) is 60.9 Å². The molecule has 0 aliphatic carbocycles. The van der Waals surface area contributed by atoms with Crippen molar-refractivity contribution in [3.63, 3.8) is 0 Å². The van der Waals surface area contributed by atoms with Crippen LogP contribution >= 0.6 is 0 Å². The fourth-order valence-corrected chi connectivity index (χ4v) is 2.10. The summed E-state index contributed by atoms with van der Waals surface area (Å²) in [6.45, 7) is 1.47. The van der Waals surface area contributed by atoms with Gasteiger partial charge in [0.1, 0.15) is 0 Å². The first-order valence-electron chi connectivity index (χ1n) is 6.85. The molecule has 0 unspecified atom stereocenters. The molecule has 0 saturated carbocycles. The number of nitrogens with zero attached hydrogens (tertiary/aromatic N) is 3. The highest BCUT2D eigenvalue weighted by molar-refractivity contribution is 5.90. The van der Waals surface area contributed by atoms with Gasteiger partial charge in [-0.3, -0.25) is 14.8 Å². The van der Waals surface area contributed by atoms with E-state index in [0.29, 0.717) is 17.1 Å². The number of carbonyl (C=O) groups is 1. The van der Waals surface area contributed by atoms with Crippen LogP contribution < -0.4 is 5.32 Å². The molecule has 0 atom stereocenters. The molecule has 0 spiro atoms. The Labute approximate surface area is 128 Å². The van der Waals surface area contributed by atoms with Crippen LogP contribution in [0.3, 0.4) is 0 Å². The van der Waals surface area contributed by atoms with Crippen molar-refractivity contribution >= 4 is 11.6 Å². The second-order valence-corrected chi connectivity index (χ2v) is 4.74. The van der Waals surface area contributed by atoms with E-state index >= 15 is 0 Å². The van der Waals surface area contributed by atoms with Gasteiger partial charge in [0, 0.05) is 25.0 Å². The summed E-state index contributed by atoms with van der Waals surface area (Å²) in [6.07, 6.45) is 3.42. The summed E-state index contributed by atoms with van der Waals surface area (Å²) in [7, 11) is 0. The lowest BCUT2D eigenvalue weighted by molar-refractivity contribution is -0.114. The summed E-state index contributed by atoms with van der Waals surface area (Å²) in [5.74, 6) is -0.134. The third-order valence-electron chi connectivity index (χ3n) is 3.00. The summed E-state index contributed by atoms with van der Waals surface area (Å²) in [5, 5.41) is 2.79. The Hall–Kier alpha value is -3.08. The molecular formula is C17H14N4O. The van der Waals surface area contributed by atoms with Crippen LogP contribution in [0.25, 0.3) is 22.8 Å². The normalized spacial score (nSPS) is 10.2. The quantitative estimate of drug-likeness (QED) is 0.804. The molecule has 0 aliphatic rings. The van der Waals surface area contributed by atoms with Gasteiger partial charge >= 0.3 is 0 Å². The van der Waals surface area contributed by atoms with Gasteiger partial charge < -0.3 is 5.32 Å². The van der Waals surface area contributed by atoms with Gasteiger partial charge in [-0.15, -0.1) is 0 Å². The van der Waals surface area contributed by atoms with Crippen LogP contribution in [0.2, 0.25) is 0 Å². The molecule has 0 fully saturated rings. The van der Waals surface area contributed by atoms with E-state index in [1.807, 2.05) is 36.4 Å². The van der Waals surface area contributed by atoms with Crippen LogP contribution in [0.5, 0.6) is 0 Å². The van der Waals surface area contributed by atoms with Crippen molar-refractivity contribution in [2.45, 2.75) is 6.92 Å². The molecule has 3 aromatic heterocycles. The molecule has 22 heavy (non-hydrogen) atoms. The Balaban J connectivity index is 2.12. The second kappa shape index (κ2) is 6.13. The molecule has 5 heteroatoms. The molecule has 3 rings (SSSR count). The maximum atomic E-state index is 11.3. The molecule has 0 aromatic carbocycles. The molecule has 5 nitrogen and oxygen atoms in total. The zero-order chi connectivity index (χ0) is 15.4. The third kappa shape index (κ3) is 3.15. The van der Waals surface area contributed by atoms with Crippen molar-refractivity contribution in [2.24, 2.45) is 0 Å². The van der Waals surface area contributed by atoms with Crippen molar-refractivity contribution < 1.29 is 4.79 Å². The van der Waals surface area contributed by atoms with E-state index in [4.69, 9.17) is 0 Å². The highest BCUT2D eigenvalue weighted by Crippen LogP contribution is 2.25. The van der Waals surface area contributed by atoms with Gasteiger partial charge in [-0.05, 0) is 36.4 Å². The van der Waals surface area contributed by atoms with E-state index < -0.39 is 0 Å². The largest absolute Gasteiger partial charge is 0.326 e. The first-order chi connectivity index (χ1) is 10.7. The van der Waals surface area contributed by atoms with Gasteiger partial charge in [0.15, 0.2) is 0 Å². The summed E-state index contributed by atoms with van der Waals surface area (Å²) < 4.78 is 0. The fourth-order valence-electron chi connectivity index (χ4n) is 2.10. The molecular weight excluding hydrogens is 276 g/mol. The summed E-state index contributed by atoms with van der Waals surface area (Å²) in [5.41, 5.74) is 3.53. The lowest BCUT2D eigenvalue weighted by Gasteiger charge is -2.09. The maximum Gasteiger partial charge on any atom is 0.221 e. The Morgan fingerprint density at radius 3 is 1.82 bits per heavy atom. The van der Waals surface area contributed by atoms with Gasteiger partial charge in [-0.25, -0.2) is 4.98 Å². The van der Waals surface area contributed by atoms with E-state index in [-0.39, 0.29) is 5.91 Å². The van der Waals surface area contributed by atoms with Crippen LogP contribution in [-0.2, 0) is 4.79 Å². The van der Waals surface area contributed by atoms with Crippen molar-refractivity contribution in [1.82, 2.24) is 15.0 Å². The monoisotopic (exact) mass is 290 g/mol. The number of carbonyl (C=O) groups excluding carboxylic acids is 1. The summed E-state index contributed by atoms with van der Waals surface area (Å²) in [4.78, 5) is 24.6. The first kappa shape index (κ1) is 13.9. The lowest BCUT2D eigenvalue weighted by Crippen LogP contribution is -2.06. The lowest BCUT2D eigenvalue weighted by atomic mass is 10.1. The van der Waals surface area contributed by atoms with Gasteiger partial charge in [-0.1, -0.05) is 12.1 Å². The first-order valence-corrected chi connectivity index (χ1v) is 6.85. The predicted molar refractivity (Wildman–Crippen MR) is 85.0 cm³/mol. The summed E-state index contributed by atoms with van der Waals surface area (Å²) in [6, 6.07) is 14.9. The van der Waals surface area contributed by atoms with E-state index in [0.717, 1.165) is 11.4 Å². The Morgan fingerprint density at radius 2 is 1.41 bits per heavy atom. The van der Waals surface area contributed by atoms with Gasteiger partial charge in [-0.2, -0.15) is 0 Å². The molecule has 3 aromatic rings. The number of hydrogen-bond donors (Lipinski definition) is 1. The molecule has 0 bridgehead atoms. The van der Waals surface area contributed by atoms with E-state index in [2.05, 4.69) is 20.3 Å². The molecule has 0 saturated heterocycles. The highest BCUT2D eigenvalue weighted by atomic mass is 16.1. The minimum absolute atomic E-state index is 0.134. The number of nitrogens with one attached hydrogen (secondary N) is 1. The minimum Gasteiger partial charge on any atom is -0.326 e. The van der Waals surface area contributed by atoms with Gasteiger partial charge in [0.2, 0.25) is 5.91 Å². The van der Waals surface area contributed by atoms with Crippen LogP contribution in [-0.4, -0.2) is 20.9 Å². The minimum atomic E-state index is -0.134. The number of amides is 1. The van der Waals surface area contributed by atoms with Crippen molar-refractivity contribution in [2.75, 3.05) is 5.32 Å². The number of pyridine rings is 3. The molecule has 3 heterocycles. The Kier molecular flexibility index (Phi) is 3.87. The van der Waals surface area contributed by atoms with Crippen molar-refractivity contribution in [3.8, 4) is 22.8 Å². The average molecular weight is 290 g/mol. The van der Waals surface area contributed by atoms with E-state index in [1.165, 1.54) is 6.92 Å². The molecule has 1 N–H and O–H groups in total. The van der Waals surface area contributed by atoms with Crippen LogP contribution in [0.1, 0.15) is 6.92 Å². The van der Waals surface area contributed by atoms with Gasteiger partial charge in [0.05, 0.1) is 22.8 Å². The predicted octanol–water partition coefficient (Wildman–Crippen LogP) is 3.16. The second-order valence-electron chi connectivity index (χ2n) is 4.74. The Bertz CT molecular complexity index is 731. The third-order valence-corrected chi connectivity index (χ3v) is 3.00. The molecule has 108 valence electrons. The number of hydrogen-bond acceptors (Lipinski definition) is 4. The highest BCUT2D eigenvalue weighted by Gasteiger charge is 2.09. The summed E-state index contributed by atoms with van der Waals surface area (Å²) >= 11 is 0. The van der Waals surface area contributed by atoms with Crippen molar-refractivity contribution in [1.29, 1.82) is 0 Å². The zero-order valence-electron chi connectivity index (χ0n) is 12.0. The molecule has 1 amide bonds. The fraction of sp³-hybridized carbons (Fsp3) is 0.0588.